The Morgan fingerprint density at radius 3 is 2.36 bits per heavy atom. The predicted octanol–water partition coefficient (Wildman–Crippen LogP) is 2.43. The summed E-state index contributed by atoms with van der Waals surface area (Å²) in [6, 6.07) is 11.9. The first-order valence-corrected chi connectivity index (χ1v) is 7.26. The summed E-state index contributed by atoms with van der Waals surface area (Å²) in [6.45, 7) is 0. The number of alkyl halides is 2. The molecule has 3 heteroatoms. The summed E-state index contributed by atoms with van der Waals surface area (Å²) in [5, 5.41) is 0. The van der Waals surface area contributed by atoms with Crippen LogP contribution < -0.4 is 0 Å². The standard InChI is InChI=1S/C8H10Br2Si/c9-8(10)11-6-7-4-2-1-3-5-7/h1-5,8H,6,11H2. The summed E-state index contributed by atoms with van der Waals surface area (Å²) >= 11 is 7.02. The molecule has 0 bridgehead atoms. The Bertz CT molecular complexity index is 199. The molecule has 0 saturated heterocycles. The molecule has 0 aliphatic rings. The fourth-order valence-corrected chi connectivity index (χ4v) is 3.18. The molecule has 11 heavy (non-hydrogen) atoms. The highest BCUT2D eigenvalue weighted by molar-refractivity contribution is 9.25. The summed E-state index contributed by atoms with van der Waals surface area (Å²) in [7, 11) is -0.0189. The van der Waals surface area contributed by atoms with Crippen molar-refractivity contribution >= 4 is 41.4 Å². The van der Waals surface area contributed by atoms with Crippen molar-refractivity contribution in [1.82, 2.24) is 0 Å². The van der Waals surface area contributed by atoms with Crippen molar-refractivity contribution in [2.75, 3.05) is 0 Å². The van der Waals surface area contributed by atoms with Gasteiger partial charge < -0.3 is 0 Å². The molecule has 0 aliphatic heterocycles. The van der Waals surface area contributed by atoms with Gasteiger partial charge in [-0.15, -0.1) is 0 Å². The van der Waals surface area contributed by atoms with Gasteiger partial charge in [-0.25, -0.2) is 0 Å². The number of benzene rings is 1. The van der Waals surface area contributed by atoms with Crippen molar-refractivity contribution in [1.29, 1.82) is 0 Å². The molecule has 0 amide bonds. The van der Waals surface area contributed by atoms with Crippen LogP contribution in [0, 0.1) is 0 Å². The van der Waals surface area contributed by atoms with E-state index in [9.17, 15) is 0 Å². The van der Waals surface area contributed by atoms with Crippen LogP contribution in [0.15, 0.2) is 30.3 Å². The average Bonchev–Trinajstić information content (AvgIpc) is 2.03. The third-order valence-electron chi connectivity index (χ3n) is 1.49. The van der Waals surface area contributed by atoms with Gasteiger partial charge in [-0.3, -0.25) is 0 Å². The lowest BCUT2D eigenvalue weighted by Gasteiger charge is -1.99. The number of hydrogen-bond acceptors (Lipinski definition) is 0. The highest BCUT2D eigenvalue weighted by atomic mass is 79.9. The molecule has 0 unspecified atom stereocenters. The van der Waals surface area contributed by atoms with Crippen molar-refractivity contribution in [2.24, 2.45) is 0 Å². The SMILES string of the molecule is BrC(Br)[SiH2]Cc1ccccc1. The van der Waals surface area contributed by atoms with E-state index in [0.717, 1.165) is 0 Å². The van der Waals surface area contributed by atoms with Gasteiger partial charge in [0.1, 0.15) is 0 Å². The van der Waals surface area contributed by atoms with Gasteiger partial charge in [0.25, 0.3) is 0 Å². The summed E-state index contributed by atoms with van der Waals surface area (Å²) in [6.07, 6.45) is 0. The van der Waals surface area contributed by atoms with Gasteiger partial charge in [0.05, 0.1) is 12.9 Å². The normalized spacial score (nSPS) is 11.5. The minimum Gasteiger partial charge on any atom is -0.0810 e. The molecule has 1 aromatic carbocycles. The summed E-state index contributed by atoms with van der Waals surface area (Å²) < 4.78 is 0.579. The average molecular weight is 294 g/mol. The van der Waals surface area contributed by atoms with E-state index in [1.165, 1.54) is 11.6 Å². The smallest absolute Gasteiger partial charge is 0.0555 e. The van der Waals surface area contributed by atoms with Crippen LogP contribution in [0.3, 0.4) is 0 Å². The molecule has 0 N–H and O–H groups in total. The molecule has 0 saturated carbocycles. The van der Waals surface area contributed by atoms with E-state index in [-0.39, 0.29) is 9.52 Å². The fourth-order valence-electron chi connectivity index (χ4n) is 0.920. The Kier molecular flexibility index (Phi) is 4.41. The molecule has 1 aromatic rings. The van der Waals surface area contributed by atoms with E-state index < -0.39 is 0 Å². The molecule has 60 valence electrons. The van der Waals surface area contributed by atoms with Crippen LogP contribution in [0.2, 0.25) is 0 Å². The molecule has 0 atom stereocenters. The maximum atomic E-state index is 3.51. The van der Waals surface area contributed by atoms with Crippen LogP contribution in [0.4, 0.5) is 0 Å². The van der Waals surface area contributed by atoms with Crippen molar-refractivity contribution in [2.45, 2.75) is 9.40 Å². The maximum absolute atomic E-state index is 3.51. The lowest BCUT2D eigenvalue weighted by molar-refractivity contribution is 1.38. The molecule has 0 radical (unpaired) electrons. The second kappa shape index (κ2) is 5.12. The highest BCUT2D eigenvalue weighted by Gasteiger charge is 1.98. The van der Waals surface area contributed by atoms with Gasteiger partial charge in [-0.05, 0) is 6.04 Å². The van der Waals surface area contributed by atoms with E-state index in [2.05, 4.69) is 62.2 Å². The van der Waals surface area contributed by atoms with Gasteiger partial charge >= 0.3 is 0 Å². The molecule has 0 spiro atoms. The monoisotopic (exact) mass is 292 g/mol. The number of halogens is 2. The number of hydrogen-bond donors (Lipinski definition) is 0. The maximum Gasteiger partial charge on any atom is 0.0555 e. The lowest BCUT2D eigenvalue weighted by Crippen LogP contribution is -2.04. The molecule has 0 heterocycles. The molecule has 0 aliphatic carbocycles. The molecule has 0 fully saturated rings. The van der Waals surface area contributed by atoms with E-state index >= 15 is 0 Å². The zero-order valence-corrected chi connectivity index (χ0v) is 10.7. The Labute approximate surface area is 86.5 Å². The summed E-state index contributed by atoms with van der Waals surface area (Å²) in [5.41, 5.74) is 1.46. The first-order valence-electron chi connectivity index (χ1n) is 3.61. The van der Waals surface area contributed by atoms with Crippen molar-refractivity contribution in [3.05, 3.63) is 35.9 Å². The molecular formula is C8H10Br2Si. The van der Waals surface area contributed by atoms with Crippen molar-refractivity contribution < 1.29 is 0 Å². The topological polar surface area (TPSA) is 0 Å². The van der Waals surface area contributed by atoms with E-state index in [1.807, 2.05) is 0 Å². The van der Waals surface area contributed by atoms with Gasteiger partial charge in [0.15, 0.2) is 0 Å². The first-order chi connectivity index (χ1) is 5.29. The highest BCUT2D eigenvalue weighted by Crippen LogP contribution is 2.08. The van der Waals surface area contributed by atoms with Crippen molar-refractivity contribution in [3.63, 3.8) is 0 Å². The van der Waals surface area contributed by atoms with Crippen molar-refractivity contribution in [3.8, 4) is 0 Å². The van der Waals surface area contributed by atoms with Gasteiger partial charge in [0, 0.05) is 0 Å². The van der Waals surface area contributed by atoms with Crippen LogP contribution in [0.5, 0.6) is 0 Å². The number of rotatable bonds is 3. The van der Waals surface area contributed by atoms with Crippen LogP contribution in [-0.2, 0) is 6.04 Å². The molecule has 1 rings (SSSR count). The molecule has 0 nitrogen and oxygen atoms in total. The van der Waals surface area contributed by atoms with Crippen LogP contribution in [0.25, 0.3) is 0 Å². The minimum atomic E-state index is -0.0189. The lowest BCUT2D eigenvalue weighted by atomic mass is 10.2. The third-order valence-corrected chi connectivity index (χ3v) is 5.54. The predicted molar refractivity (Wildman–Crippen MR) is 60.3 cm³/mol. The quantitative estimate of drug-likeness (QED) is 0.593. The summed E-state index contributed by atoms with van der Waals surface area (Å²) in [4.78, 5) is 0. The second-order valence-corrected chi connectivity index (χ2v) is 10.1. The van der Waals surface area contributed by atoms with Gasteiger partial charge in [-0.2, -0.15) is 0 Å². The van der Waals surface area contributed by atoms with E-state index in [0.29, 0.717) is 3.36 Å². The third kappa shape index (κ3) is 4.08. The zero-order valence-electron chi connectivity index (χ0n) is 6.13. The Morgan fingerprint density at radius 1 is 1.18 bits per heavy atom. The largest absolute Gasteiger partial charge is 0.0810 e. The second-order valence-electron chi connectivity index (χ2n) is 2.42. The Balaban J connectivity index is 2.39. The molecule has 0 aromatic heterocycles. The van der Waals surface area contributed by atoms with Crippen LogP contribution in [0.1, 0.15) is 5.56 Å². The van der Waals surface area contributed by atoms with Gasteiger partial charge in [-0.1, -0.05) is 67.8 Å². The fraction of sp³-hybridized carbons (Fsp3) is 0.250. The summed E-state index contributed by atoms with van der Waals surface area (Å²) in [5.74, 6) is 0. The van der Waals surface area contributed by atoms with E-state index in [4.69, 9.17) is 0 Å². The first kappa shape index (κ1) is 9.48. The van der Waals surface area contributed by atoms with Crippen LogP contribution in [-0.4, -0.2) is 12.9 Å². The van der Waals surface area contributed by atoms with E-state index in [1.54, 1.807) is 0 Å². The minimum absolute atomic E-state index is 0.0189. The van der Waals surface area contributed by atoms with Gasteiger partial charge in [0.2, 0.25) is 0 Å². The Hall–Kier alpha value is 0.397. The Morgan fingerprint density at radius 2 is 1.82 bits per heavy atom. The van der Waals surface area contributed by atoms with Crippen LogP contribution >= 0.6 is 31.9 Å². The zero-order chi connectivity index (χ0) is 8.10. The molecular weight excluding hydrogens is 284 g/mol.